The van der Waals surface area contributed by atoms with Crippen molar-refractivity contribution in [3.8, 4) is 33.7 Å². The van der Waals surface area contributed by atoms with Crippen molar-refractivity contribution >= 4 is 32.6 Å². The number of aromatic nitrogens is 1. The third-order valence-electron chi connectivity index (χ3n) is 7.16. The second-order valence-electron chi connectivity index (χ2n) is 9.78. The average Bonchev–Trinajstić information content (AvgIpc) is 3.36. The minimum absolute atomic E-state index is 0.646. The third kappa shape index (κ3) is 3.61. The molecule has 176 valence electrons. The van der Waals surface area contributed by atoms with Crippen molar-refractivity contribution in [3.05, 3.63) is 126 Å². The Morgan fingerprint density at radius 1 is 0.486 bits per heavy atom. The van der Waals surface area contributed by atoms with E-state index in [9.17, 15) is 0 Å². The number of hydrogen-bond donors (Lipinski definition) is 0. The molecule has 6 aromatic carbocycles. The molecule has 2 nitrogen and oxygen atoms in total. The Kier molecular flexibility index (Phi) is 4.93. The van der Waals surface area contributed by atoms with E-state index in [0.717, 1.165) is 16.7 Å². The van der Waals surface area contributed by atoms with Gasteiger partial charge in [0.05, 0.1) is 0 Å². The fraction of sp³-hybridized carbons (Fsp3) is 0.0571. The zero-order valence-corrected chi connectivity index (χ0v) is 20.8. The normalized spacial score (nSPS) is 11.5. The lowest BCUT2D eigenvalue weighted by molar-refractivity contribution is 0.620. The Balaban J connectivity index is 1.46. The molecular weight excluding hydrogens is 450 g/mol. The van der Waals surface area contributed by atoms with Crippen molar-refractivity contribution in [2.75, 3.05) is 0 Å². The van der Waals surface area contributed by atoms with Gasteiger partial charge >= 0.3 is 0 Å². The van der Waals surface area contributed by atoms with Crippen molar-refractivity contribution in [2.45, 2.75) is 13.8 Å². The van der Waals surface area contributed by atoms with Gasteiger partial charge in [0, 0.05) is 5.56 Å². The maximum Gasteiger partial charge on any atom is 0.227 e. The highest BCUT2D eigenvalue weighted by molar-refractivity contribution is 6.21. The molecule has 0 saturated heterocycles. The van der Waals surface area contributed by atoms with Crippen LogP contribution in [0.3, 0.4) is 0 Å². The molecule has 7 rings (SSSR count). The fourth-order valence-electron chi connectivity index (χ4n) is 5.64. The van der Waals surface area contributed by atoms with Gasteiger partial charge in [0.15, 0.2) is 5.58 Å². The topological polar surface area (TPSA) is 26.0 Å². The molecule has 1 aromatic heterocycles. The van der Waals surface area contributed by atoms with Crippen molar-refractivity contribution < 1.29 is 4.42 Å². The molecule has 0 saturated carbocycles. The summed E-state index contributed by atoms with van der Waals surface area (Å²) in [5.74, 6) is 0.646. The van der Waals surface area contributed by atoms with Crippen LogP contribution in [0.5, 0.6) is 0 Å². The van der Waals surface area contributed by atoms with Gasteiger partial charge in [0.25, 0.3) is 0 Å². The van der Waals surface area contributed by atoms with E-state index in [4.69, 9.17) is 4.42 Å². The molecule has 0 radical (unpaired) electrons. The van der Waals surface area contributed by atoms with Gasteiger partial charge < -0.3 is 4.42 Å². The Labute approximate surface area is 215 Å². The molecule has 0 fully saturated rings. The monoisotopic (exact) mass is 475 g/mol. The lowest BCUT2D eigenvalue weighted by Crippen LogP contribution is -1.92. The highest BCUT2D eigenvalue weighted by Gasteiger charge is 2.17. The highest BCUT2D eigenvalue weighted by Crippen LogP contribution is 2.44. The van der Waals surface area contributed by atoms with Crippen LogP contribution in [0.25, 0.3) is 66.4 Å². The number of rotatable bonds is 3. The van der Waals surface area contributed by atoms with Gasteiger partial charge in [-0.25, -0.2) is 4.98 Å². The van der Waals surface area contributed by atoms with Crippen LogP contribution in [0.1, 0.15) is 11.1 Å². The molecule has 37 heavy (non-hydrogen) atoms. The van der Waals surface area contributed by atoms with Gasteiger partial charge in [-0.1, -0.05) is 102 Å². The standard InChI is InChI=1S/C35H25NO/c1-22-19-23(2)21-26(20-22)34-29-11-5-3-9-27(29)33(28-10-4-6-12-30(28)34)24-15-17-25(18-16-24)35-36-31-13-7-8-14-32(31)37-35/h3-21H,1-2H3. The summed E-state index contributed by atoms with van der Waals surface area (Å²) in [6.45, 7) is 4.35. The Morgan fingerprint density at radius 3 is 1.54 bits per heavy atom. The molecule has 0 aliphatic heterocycles. The molecule has 0 unspecified atom stereocenters. The number of hydrogen-bond acceptors (Lipinski definition) is 2. The fourth-order valence-corrected chi connectivity index (χ4v) is 5.64. The van der Waals surface area contributed by atoms with Crippen molar-refractivity contribution in [1.29, 1.82) is 0 Å². The average molecular weight is 476 g/mol. The summed E-state index contributed by atoms with van der Waals surface area (Å²) in [6, 6.07) is 40.9. The Hall–Kier alpha value is -4.69. The van der Waals surface area contributed by atoms with E-state index in [1.807, 2.05) is 24.3 Å². The molecule has 0 aliphatic carbocycles. The van der Waals surface area contributed by atoms with Crippen LogP contribution in [0, 0.1) is 13.8 Å². The van der Waals surface area contributed by atoms with E-state index in [-0.39, 0.29) is 0 Å². The van der Waals surface area contributed by atoms with Gasteiger partial charge in [-0.3, -0.25) is 0 Å². The van der Waals surface area contributed by atoms with E-state index >= 15 is 0 Å². The van der Waals surface area contributed by atoms with E-state index in [1.165, 1.54) is 54.9 Å². The zero-order chi connectivity index (χ0) is 24.9. The maximum atomic E-state index is 6.01. The summed E-state index contributed by atoms with van der Waals surface area (Å²) in [6.07, 6.45) is 0. The first-order valence-corrected chi connectivity index (χ1v) is 12.6. The van der Waals surface area contributed by atoms with E-state index in [2.05, 4.69) is 110 Å². The summed E-state index contributed by atoms with van der Waals surface area (Å²) in [4.78, 5) is 4.68. The van der Waals surface area contributed by atoms with Gasteiger partial charge in [-0.2, -0.15) is 0 Å². The van der Waals surface area contributed by atoms with Crippen molar-refractivity contribution in [3.63, 3.8) is 0 Å². The molecule has 0 amide bonds. The number of aryl methyl sites for hydroxylation is 2. The molecule has 0 atom stereocenters. The molecule has 0 N–H and O–H groups in total. The predicted molar refractivity (Wildman–Crippen MR) is 155 cm³/mol. The smallest absolute Gasteiger partial charge is 0.227 e. The second kappa shape index (κ2) is 8.46. The molecule has 7 aromatic rings. The predicted octanol–water partition coefficient (Wildman–Crippen LogP) is 9.75. The summed E-state index contributed by atoms with van der Waals surface area (Å²) in [5, 5.41) is 5.04. The first kappa shape index (κ1) is 21.6. The minimum Gasteiger partial charge on any atom is -0.436 e. The van der Waals surface area contributed by atoms with Crippen LogP contribution in [-0.4, -0.2) is 4.98 Å². The summed E-state index contributed by atoms with van der Waals surface area (Å²) < 4.78 is 6.01. The van der Waals surface area contributed by atoms with E-state index < -0.39 is 0 Å². The summed E-state index contributed by atoms with van der Waals surface area (Å²) in [5.41, 5.74) is 10.2. The number of para-hydroxylation sites is 2. The second-order valence-corrected chi connectivity index (χ2v) is 9.78. The Morgan fingerprint density at radius 2 is 0.973 bits per heavy atom. The first-order valence-electron chi connectivity index (χ1n) is 12.6. The molecule has 0 spiro atoms. The lowest BCUT2D eigenvalue weighted by Gasteiger charge is -2.18. The minimum atomic E-state index is 0.646. The van der Waals surface area contributed by atoms with Crippen molar-refractivity contribution in [2.24, 2.45) is 0 Å². The molecule has 2 heteroatoms. The number of fused-ring (bicyclic) bond motifs is 3. The molecule has 0 bridgehead atoms. The van der Waals surface area contributed by atoms with E-state index in [0.29, 0.717) is 5.89 Å². The Bertz CT molecular complexity index is 1830. The van der Waals surface area contributed by atoms with Crippen LogP contribution in [0.4, 0.5) is 0 Å². The SMILES string of the molecule is Cc1cc(C)cc(-c2c3ccccc3c(-c3ccc(-c4nc5ccccc5o4)cc3)c3ccccc23)c1. The van der Waals surface area contributed by atoms with Crippen molar-refractivity contribution in [1.82, 2.24) is 4.98 Å². The molecule has 1 heterocycles. The largest absolute Gasteiger partial charge is 0.436 e. The lowest BCUT2D eigenvalue weighted by atomic mass is 9.85. The van der Waals surface area contributed by atoms with E-state index in [1.54, 1.807) is 0 Å². The van der Waals surface area contributed by atoms with Gasteiger partial charge in [-0.15, -0.1) is 0 Å². The van der Waals surface area contributed by atoms with Crippen LogP contribution < -0.4 is 0 Å². The number of oxazole rings is 1. The highest BCUT2D eigenvalue weighted by atomic mass is 16.3. The van der Waals surface area contributed by atoms with Crippen LogP contribution in [0.15, 0.2) is 120 Å². The third-order valence-corrected chi connectivity index (χ3v) is 7.16. The van der Waals surface area contributed by atoms with Crippen LogP contribution in [-0.2, 0) is 0 Å². The van der Waals surface area contributed by atoms with Gasteiger partial charge in [0.2, 0.25) is 5.89 Å². The summed E-state index contributed by atoms with van der Waals surface area (Å²) in [7, 11) is 0. The van der Waals surface area contributed by atoms with Crippen LogP contribution >= 0.6 is 0 Å². The number of benzene rings is 6. The first-order chi connectivity index (χ1) is 18.2. The van der Waals surface area contributed by atoms with Gasteiger partial charge in [-0.05, 0) is 81.9 Å². The quantitative estimate of drug-likeness (QED) is 0.238. The molecular formula is C35H25NO. The van der Waals surface area contributed by atoms with Gasteiger partial charge in [0.1, 0.15) is 5.52 Å². The molecule has 0 aliphatic rings. The number of nitrogens with zero attached hydrogens (tertiary/aromatic N) is 1. The maximum absolute atomic E-state index is 6.01. The zero-order valence-electron chi connectivity index (χ0n) is 20.8. The van der Waals surface area contributed by atoms with Crippen LogP contribution in [0.2, 0.25) is 0 Å². The summed E-state index contributed by atoms with van der Waals surface area (Å²) >= 11 is 0.